The van der Waals surface area contributed by atoms with Crippen LogP contribution in [0.1, 0.15) is 26.1 Å². The highest BCUT2D eigenvalue weighted by atomic mass is 35.5. The van der Waals surface area contributed by atoms with E-state index in [1.807, 2.05) is 53.9 Å². The number of ketones is 1. The molecular formula is C19H13ClN2OS2. The highest BCUT2D eigenvalue weighted by Crippen LogP contribution is 2.23. The number of benzene rings is 2. The molecule has 0 bridgehead atoms. The Morgan fingerprint density at radius 1 is 1.00 bits per heavy atom. The molecule has 0 saturated carbocycles. The van der Waals surface area contributed by atoms with Gasteiger partial charge in [0.2, 0.25) is 0 Å². The Morgan fingerprint density at radius 3 is 2.60 bits per heavy atom. The summed E-state index contributed by atoms with van der Waals surface area (Å²) in [6.07, 6.45) is 1.000. The number of halogens is 1. The molecule has 0 saturated heterocycles. The van der Waals surface area contributed by atoms with Gasteiger partial charge in [0.15, 0.2) is 5.78 Å². The minimum Gasteiger partial charge on any atom is -0.292 e. The third kappa shape index (κ3) is 3.79. The van der Waals surface area contributed by atoms with Crippen LogP contribution in [0.15, 0.2) is 53.9 Å². The second-order valence-electron chi connectivity index (χ2n) is 5.61. The zero-order chi connectivity index (χ0) is 17.2. The molecule has 0 aliphatic carbocycles. The lowest BCUT2D eigenvalue weighted by Gasteiger charge is -1.98. The van der Waals surface area contributed by atoms with Gasteiger partial charge in [-0.05, 0) is 29.8 Å². The molecule has 0 N–H and O–H groups in total. The van der Waals surface area contributed by atoms with Crippen molar-refractivity contribution >= 4 is 50.3 Å². The number of thiazole rings is 2. The smallest absolute Gasteiger partial charge is 0.188 e. The first-order valence-corrected chi connectivity index (χ1v) is 9.81. The standard InChI is InChI=1S/C19H13ClN2OS2/c20-13-7-5-12(6-8-13)9-18-22-15(11-24-18)16(23)10-19-21-14-3-1-2-4-17(14)25-19/h1-8,11H,9-10H2. The molecule has 0 aliphatic heterocycles. The summed E-state index contributed by atoms with van der Waals surface area (Å²) in [6.45, 7) is 0. The highest BCUT2D eigenvalue weighted by molar-refractivity contribution is 7.18. The predicted octanol–water partition coefficient (Wildman–Crippen LogP) is 5.42. The van der Waals surface area contributed by atoms with Crippen LogP contribution in [0.5, 0.6) is 0 Å². The topological polar surface area (TPSA) is 42.9 Å². The van der Waals surface area contributed by atoms with Crippen LogP contribution in [0.25, 0.3) is 10.2 Å². The Kier molecular flexibility index (Phi) is 4.61. The number of carbonyl (C=O) groups excluding carboxylic acids is 1. The van der Waals surface area contributed by atoms with Crippen molar-refractivity contribution in [3.05, 3.63) is 80.2 Å². The quantitative estimate of drug-likeness (QED) is 0.431. The van der Waals surface area contributed by atoms with Gasteiger partial charge in [-0.1, -0.05) is 35.9 Å². The fourth-order valence-corrected chi connectivity index (χ4v) is 4.45. The van der Waals surface area contributed by atoms with Crippen molar-refractivity contribution in [2.45, 2.75) is 12.8 Å². The van der Waals surface area contributed by atoms with E-state index in [1.54, 1.807) is 11.3 Å². The van der Waals surface area contributed by atoms with Crippen molar-refractivity contribution in [3.8, 4) is 0 Å². The molecule has 124 valence electrons. The van der Waals surface area contributed by atoms with E-state index in [2.05, 4.69) is 9.97 Å². The van der Waals surface area contributed by atoms with Crippen LogP contribution in [-0.2, 0) is 12.8 Å². The summed E-state index contributed by atoms with van der Waals surface area (Å²) in [7, 11) is 0. The van der Waals surface area contributed by atoms with Gasteiger partial charge in [-0.15, -0.1) is 22.7 Å². The van der Waals surface area contributed by atoms with Gasteiger partial charge < -0.3 is 0 Å². The maximum atomic E-state index is 12.5. The fraction of sp³-hybridized carbons (Fsp3) is 0.105. The van der Waals surface area contributed by atoms with Gasteiger partial charge in [-0.2, -0.15) is 0 Å². The normalized spacial score (nSPS) is 11.1. The summed E-state index contributed by atoms with van der Waals surface area (Å²) in [5, 5.41) is 4.31. The second-order valence-corrected chi connectivity index (χ2v) is 8.10. The van der Waals surface area contributed by atoms with Gasteiger partial charge in [-0.25, -0.2) is 9.97 Å². The van der Waals surface area contributed by atoms with Crippen molar-refractivity contribution in [2.24, 2.45) is 0 Å². The highest BCUT2D eigenvalue weighted by Gasteiger charge is 2.14. The van der Waals surface area contributed by atoms with Crippen LogP contribution < -0.4 is 0 Å². The minimum absolute atomic E-state index is 0.0117. The van der Waals surface area contributed by atoms with Gasteiger partial charge in [0, 0.05) is 16.8 Å². The van der Waals surface area contributed by atoms with E-state index in [1.165, 1.54) is 11.3 Å². The number of Topliss-reactive ketones (excluding diaryl/α,β-unsaturated/α-hetero) is 1. The molecular weight excluding hydrogens is 372 g/mol. The maximum Gasteiger partial charge on any atom is 0.188 e. The molecule has 0 radical (unpaired) electrons. The molecule has 4 rings (SSSR count). The van der Waals surface area contributed by atoms with Gasteiger partial charge >= 0.3 is 0 Å². The van der Waals surface area contributed by atoms with Crippen LogP contribution in [-0.4, -0.2) is 15.8 Å². The molecule has 0 unspecified atom stereocenters. The number of aromatic nitrogens is 2. The number of hydrogen-bond acceptors (Lipinski definition) is 5. The van der Waals surface area contributed by atoms with E-state index in [0.29, 0.717) is 18.5 Å². The molecule has 2 aromatic carbocycles. The predicted molar refractivity (Wildman–Crippen MR) is 104 cm³/mol. The minimum atomic E-state index is 0.0117. The number of hydrogen-bond donors (Lipinski definition) is 0. The third-order valence-electron chi connectivity index (χ3n) is 3.76. The molecule has 0 fully saturated rings. The van der Waals surface area contributed by atoms with E-state index in [4.69, 9.17) is 11.6 Å². The molecule has 6 heteroatoms. The summed E-state index contributed by atoms with van der Waals surface area (Å²) in [6, 6.07) is 15.6. The van der Waals surface area contributed by atoms with Gasteiger partial charge in [-0.3, -0.25) is 4.79 Å². The third-order valence-corrected chi connectivity index (χ3v) is 5.89. The van der Waals surface area contributed by atoms with Gasteiger partial charge in [0.25, 0.3) is 0 Å². The van der Waals surface area contributed by atoms with Gasteiger partial charge in [0.05, 0.1) is 21.6 Å². The van der Waals surface area contributed by atoms with Crippen molar-refractivity contribution in [1.82, 2.24) is 9.97 Å². The number of fused-ring (bicyclic) bond motifs is 1. The Morgan fingerprint density at radius 2 is 1.80 bits per heavy atom. The molecule has 4 aromatic rings. The van der Waals surface area contributed by atoms with Crippen molar-refractivity contribution < 1.29 is 4.79 Å². The Labute approximate surface area is 158 Å². The van der Waals surface area contributed by atoms with E-state index in [9.17, 15) is 4.79 Å². The summed E-state index contributed by atoms with van der Waals surface area (Å²) in [5.41, 5.74) is 2.59. The Hall–Kier alpha value is -2.08. The number of carbonyl (C=O) groups is 1. The Balaban J connectivity index is 1.47. The molecule has 25 heavy (non-hydrogen) atoms. The molecule has 0 amide bonds. The number of rotatable bonds is 5. The zero-order valence-electron chi connectivity index (χ0n) is 13.1. The average Bonchev–Trinajstić information content (AvgIpc) is 3.23. The monoisotopic (exact) mass is 384 g/mol. The zero-order valence-corrected chi connectivity index (χ0v) is 15.5. The Bertz CT molecular complexity index is 1000. The molecule has 0 aliphatic rings. The fourth-order valence-electron chi connectivity index (χ4n) is 2.52. The summed E-state index contributed by atoms with van der Waals surface area (Å²) in [5.74, 6) is 0.0117. The van der Waals surface area contributed by atoms with Crippen molar-refractivity contribution in [2.75, 3.05) is 0 Å². The van der Waals surface area contributed by atoms with Gasteiger partial charge in [0.1, 0.15) is 10.7 Å². The number of para-hydroxylation sites is 1. The van der Waals surface area contributed by atoms with Crippen LogP contribution >= 0.6 is 34.3 Å². The summed E-state index contributed by atoms with van der Waals surface area (Å²) in [4.78, 5) is 21.5. The largest absolute Gasteiger partial charge is 0.292 e. The van der Waals surface area contributed by atoms with E-state index in [0.717, 1.165) is 30.8 Å². The van der Waals surface area contributed by atoms with E-state index in [-0.39, 0.29) is 5.78 Å². The molecule has 0 spiro atoms. The first-order chi connectivity index (χ1) is 12.2. The van der Waals surface area contributed by atoms with Crippen molar-refractivity contribution in [1.29, 1.82) is 0 Å². The summed E-state index contributed by atoms with van der Waals surface area (Å²) >= 11 is 8.98. The molecule has 0 atom stereocenters. The lowest BCUT2D eigenvalue weighted by molar-refractivity contribution is 0.0988. The average molecular weight is 385 g/mol. The molecule has 2 aromatic heterocycles. The van der Waals surface area contributed by atoms with Crippen LogP contribution in [0, 0.1) is 0 Å². The first-order valence-electron chi connectivity index (χ1n) is 7.74. The van der Waals surface area contributed by atoms with E-state index < -0.39 is 0 Å². The van der Waals surface area contributed by atoms with Crippen LogP contribution in [0.2, 0.25) is 5.02 Å². The van der Waals surface area contributed by atoms with Crippen LogP contribution in [0.3, 0.4) is 0 Å². The summed E-state index contributed by atoms with van der Waals surface area (Å²) < 4.78 is 1.10. The molecule has 2 heterocycles. The van der Waals surface area contributed by atoms with Crippen LogP contribution in [0.4, 0.5) is 0 Å². The molecule has 3 nitrogen and oxygen atoms in total. The SMILES string of the molecule is O=C(Cc1nc2ccccc2s1)c1csc(Cc2ccc(Cl)cc2)n1. The maximum absolute atomic E-state index is 12.5. The lowest BCUT2D eigenvalue weighted by Crippen LogP contribution is -2.04. The first kappa shape index (κ1) is 16.4. The lowest BCUT2D eigenvalue weighted by atomic mass is 10.1. The van der Waals surface area contributed by atoms with Crippen molar-refractivity contribution in [3.63, 3.8) is 0 Å². The number of nitrogens with zero attached hydrogens (tertiary/aromatic N) is 2. The van der Waals surface area contributed by atoms with E-state index >= 15 is 0 Å². The second kappa shape index (κ2) is 7.04.